The third-order valence-corrected chi connectivity index (χ3v) is 3.80. The maximum atomic E-state index is 9.68. The van der Waals surface area contributed by atoms with Crippen LogP contribution in [0.5, 0.6) is 0 Å². The average Bonchev–Trinajstić information content (AvgIpc) is 2.58. The first-order valence-electron chi connectivity index (χ1n) is 8.45. The number of aliphatic hydroxyl groups is 1. The van der Waals surface area contributed by atoms with Crippen LogP contribution in [0.25, 0.3) is 11.0 Å². The number of aliphatic hydroxyl groups excluding tert-OH is 1. The van der Waals surface area contributed by atoms with Crippen LogP contribution in [0, 0.1) is 0 Å². The van der Waals surface area contributed by atoms with Crippen molar-refractivity contribution < 1.29 is 5.11 Å². The maximum Gasteiger partial charge on any atom is 0.225 e. The highest BCUT2D eigenvalue weighted by atomic mass is 16.3. The standard InChI is InChI=1S/C16H27N7O/c1-6-8-18-15-21-12-11(7-2)20-16(19-9(3)10(4)24)22-13(12)14(17-5)23-15/h9-10,24H,6-8H2,1-5H3,(H,19,20,22)(H2,17,18,21,23). The fourth-order valence-electron chi connectivity index (χ4n) is 2.20. The number of aromatic nitrogens is 4. The van der Waals surface area contributed by atoms with Gasteiger partial charge >= 0.3 is 0 Å². The molecule has 8 nitrogen and oxygen atoms in total. The van der Waals surface area contributed by atoms with Crippen molar-refractivity contribution in [3.8, 4) is 0 Å². The van der Waals surface area contributed by atoms with Crippen molar-refractivity contribution in [2.24, 2.45) is 0 Å². The Morgan fingerprint density at radius 3 is 2.29 bits per heavy atom. The summed E-state index contributed by atoms with van der Waals surface area (Å²) in [5, 5.41) is 19.1. The number of hydrogen-bond acceptors (Lipinski definition) is 8. The number of nitrogens with zero attached hydrogens (tertiary/aromatic N) is 4. The van der Waals surface area contributed by atoms with Crippen molar-refractivity contribution in [1.82, 2.24) is 19.9 Å². The zero-order valence-electron chi connectivity index (χ0n) is 15.0. The number of aryl methyl sites for hydroxylation is 1. The van der Waals surface area contributed by atoms with E-state index in [0.717, 1.165) is 30.6 Å². The minimum absolute atomic E-state index is 0.156. The highest BCUT2D eigenvalue weighted by Gasteiger charge is 2.16. The second kappa shape index (κ2) is 8.05. The lowest BCUT2D eigenvalue weighted by Gasteiger charge is -2.18. The van der Waals surface area contributed by atoms with E-state index in [9.17, 15) is 5.11 Å². The molecule has 4 N–H and O–H groups in total. The molecule has 132 valence electrons. The van der Waals surface area contributed by atoms with E-state index < -0.39 is 6.10 Å². The number of nitrogens with one attached hydrogen (secondary N) is 3. The predicted molar refractivity (Wildman–Crippen MR) is 97.6 cm³/mol. The molecule has 0 aliphatic rings. The van der Waals surface area contributed by atoms with E-state index in [1.54, 1.807) is 6.92 Å². The molecule has 2 atom stereocenters. The van der Waals surface area contributed by atoms with Crippen molar-refractivity contribution in [3.05, 3.63) is 5.69 Å². The van der Waals surface area contributed by atoms with E-state index in [0.29, 0.717) is 23.2 Å². The Hall–Kier alpha value is -2.22. The van der Waals surface area contributed by atoms with Crippen LogP contribution < -0.4 is 16.0 Å². The summed E-state index contributed by atoms with van der Waals surface area (Å²) >= 11 is 0. The van der Waals surface area contributed by atoms with Gasteiger partial charge < -0.3 is 21.1 Å². The van der Waals surface area contributed by atoms with E-state index in [1.807, 2.05) is 20.9 Å². The third kappa shape index (κ3) is 4.00. The summed E-state index contributed by atoms with van der Waals surface area (Å²) in [6.45, 7) is 8.55. The Kier molecular flexibility index (Phi) is 6.08. The molecular formula is C16H27N7O. The van der Waals surface area contributed by atoms with Crippen LogP contribution in [0.3, 0.4) is 0 Å². The molecule has 8 heteroatoms. The molecule has 0 fully saturated rings. The molecule has 0 saturated heterocycles. The van der Waals surface area contributed by atoms with Gasteiger partial charge in [0.15, 0.2) is 5.82 Å². The molecule has 24 heavy (non-hydrogen) atoms. The van der Waals surface area contributed by atoms with Gasteiger partial charge in [-0.3, -0.25) is 0 Å². The lowest BCUT2D eigenvalue weighted by Crippen LogP contribution is -2.29. The Morgan fingerprint density at radius 1 is 1.00 bits per heavy atom. The minimum Gasteiger partial charge on any atom is -0.391 e. The van der Waals surface area contributed by atoms with Crippen molar-refractivity contribution in [2.75, 3.05) is 29.5 Å². The fraction of sp³-hybridized carbons (Fsp3) is 0.625. The molecular weight excluding hydrogens is 306 g/mol. The average molecular weight is 333 g/mol. The monoisotopic (exact) mass is 333 g/mol. The van der Waals surface area contributed by atoms with Crippen LogP contribution in [-0.2, 0) is 6.42 Å². The minimum atomic E-state index is -0.505. The molecule has 2 aromatic heterocycles. The van der Waals surface area contributed by atoms with Gasteiger partial charge in [-0.25, -0.2) is 15.0 Å². The lowest BCUT2D eigenvalue weighted by atomic mass is 10.2. The number of fused-ring (bicyclic) bond motifs is 1. The van der Waals surface area contributed by atoms with Crippen LogP contribution in [0.15, 0.2) is 0 Å². The summed E-state index contributed by atoms with van der Waals surface area (Å²) in [4.78, 5) is 18.2. The summed E-state index contributed by atoms with van der Waals surface area (Å²) in [5.74, 6) is 1.70. The molecule has 2 heterocycles. The first kappa shape index (κ1) is 18.1. The van der Waals surface area contributed by atoms with Gasteiger partial charge in [0.05, 0.1) is 17.8 Å². The topological polar surface area (TPSA) is 108 Å². The molecule has 0 saturated carbocycles. The molecule has 0 aliphatic carbocycles. The van der Waals surface area contributed by atoms with Gasteiger partial charge in [-0.1, -0.05) is 13.8 Å². The maximum absolute atomic E-state index is 9.68. The van der Waals surface area contributed by atoms with Gasteiger partial charge in [0, 0.05) is 13.6 Å². The van der Waals surface area contributed by atoms with Crippen molar-refractivity contribution >= 4 is 28.7 Å². The fourth-order valence-corrected chi connectivity index (χ4v) is 2.20. The third-order valence-electron chi connectivity index (χ3n) is 3.80. The molecule has 0 amide bonds. The summed E-state index contributed by atoms with van der Waals surface area (Å²) in [7, 11) is 1.81. The first-order valence-corrected chi connectivity index (χ1v) is 8.45. The molecule has 0 radical (unpaired) electrons. The molecule has 2 aromatic rings. The lowest BCUT2D eigenvalue weighted by molar-refractivity contribution is 0.177. The van der Waals surface area contributed by atoms with Gasteiger partial charge in [-0.2, -0.15) is 4.98 Å². The Morgan fingerprint density at radius 2 is 1.71 bits per heavy atom. The summed E-state index contributed by atoms with van der Waals surface area (Å²) < 4.78 is 0. The van der Waals surface area contributed by atoms with Crippen LogP contribution >= 0.6 is 0 Å². The first-order chi connectivity index (χ1) is 11.5. The van der Waals surface area contributed by atoms with Gasteiger partial charge in [0.25, 0.3) is 0 Å². The van der Waals surface area contributed by atoms with Crippen LogP contribution in [0.2, 0.25) is 0 Å². The summed E-state index contributed by atoms with van der Waals surface area (Å²) in [6, 6.07) is -0.156. The number of rotatable bonds is 8. The van der Waals surface area contributed by atoms with E-state index in [2.05, 4.69) is 42.8 Å². The van der Waals surface area contributed by atoms with Crippen molar-refractivity contribution in [3.63, 3.8) is 0 Å². The zero-order chi connectivity index (χ0) is 17.7. The number of hydrogen-bond donors (Lipinski definition) is 4. The molecule has 0 aromatic carbocycles. The second-order valence-corrected chi connectivity index (χ2v) is 5.79. The van der Waals surface area contributed by atoms with Crippen LogP contribution in [0.1, 0.15) is 39.8 Å². The largest absolute Gasteiger partial charge is 0.391 e. The second-order valence-electron chi connectivity index (χ2n) is 5.79. The normalized spacial score (nSPS) is 13.6. The zero-order valence-corrected chi connectivity index (χ0v) is 15.0. The quantitative estimate of drug-likeness (QED) is 0.581. The highest BCUT2D eigenvalue weighted by Crippen LogP contribution is 2.24. The van der Waals surface area contributed by atoms with Gasteiger partial charge in [0.1, 0.15) is 11.0 Å². The van der Waals surface area contributed by atoms with Crippen molar-refractivity contribution in [2.45, 2.75) is 52.7 Å². The summed E-state index contributed by atoms with van der Waals surface area (Å²) in [5.41, 5.74) is 2.26. The molecule has 2 unspecified atom stereocenters. The predicted octanol–water partition coefficient (Wildman–Crippen LogP) is 2.03. The molecule has 2 rings (SSSR count). The van der Waals surface area contributed by atoms with Gasteiger partial charge in [-0.05, 0) is 26.7 Å². The van der Waals surface area contributed by atoms with E-state index in [-0.39, 0.29) is 6.04 Å². The van der Waals surface area contributed by atoms with Gasteiger partial charge in [-0.15, -0.1) is 0 Å². The Labute approximate surface area is 142 Å². The van der Waals surface area contributed by atoms with Crippen molar-refractivity contribution in [1.29, 1.82) is 0 Å². The number of anilines is 3. The van der Waals surface area contributed by atoms with E-state index >= 15 is 0 Å². The smallest absolute Gasteiger partial charge is 0.225 e. The van der Waals surface area contributed by atoms with E-state index in [4.69, 9.17) is 0 Å². The molecule has 0 spiro atoms. The highest BCUT2D eigenvalue weighted by molar-refractivity contribution is 5.88. The summed E-state index contributed by atoms with van der Waals surface area (Å²) in [6.07, 6.45) is 1.22. The molecule has 0 aliphatic heterocycles. The Balaban J connectivity index is 2.52. The van der Waals surface area contributed by atoms with Crippen LogP contribution in [-0.4, -0.2) is 50.8 Å². The van der Waals surface area contributed by atoms with Crippen LogP contribution in [0.4, 0.5) is 17.7 Å². The van der Waals surface area contributed by atoms with Gasteiger partial charge in [0.2, 0.25) is 11.9 Å². The Bertz CT molecular complexity index is 690. The van der Waals surface area contributed by atoms with E-state index in [1.165, 1.54) is 0 Å². The molecule has 0 bridgehead atoms. The SMILES string of the molecule is CCCNc1nc(NC)c2nc(NC(C)C(C)O)nc(CC)c2n1.